The van der Waals surface area contributed by atoms with Crippen LogP contribution in [0.3, 0.4) is 0 Å². The van der Waals surface area contributed by atoms with Gasteiger partial charge in [0.2, 0.25) is 11.8 Å². The first-order valence-corrected chi connectivity index (χ1v) is 9.75. The number of nitrogens with one attached hydrogen (secondary N) is 2. The Morgan fingerprint density at radius 3 is 1.87 bits per heavy atom. The number of amides is 2. The van der Waals surface area contributed by atoms with E-state index in [1.54, 1.807) is 0 Å². The number of carbonyl (C=O) groups is 2. The minimum Gasteiger partial charge on any atom is -0.324 e. The molecule has 0 saturated heterocycles. The number of anilines is 1. The highest BCUT2D eigenvalue weighted by Gasteiger charge is 2.10. The molecule has 0 aliphatic heterocycles. The Morgan fingerprint density at radius 2 is 1.35 bits per heavy atom. The molecular weight excluding hydrogens is 494 g/mol. The van der Waals surface area contributed by atoms with E-state index in [0.717, 1.165) is 51.2 Å². The fraction of sp³-hybridized carbons (Fsp3) is 0.467. The fourth-order valence-electron chi connectivity index (χ4n) is 2.04. The van der Waals surface area contributed by atoms with Gasteiger partial charge in [0, 0.05) is 26.3 Å². The summed E-state index contributed by atoms with van der Waals surface area (Å²) in [5, 5.41) is 2.91. The van der Waals surface area contributed by atoms with E-state index in [9.17, 15) is 9.59 Å². The summed E-state index contributed by atoms with van der Waals surface area (Å²) >= 11 is 10.3. The Balaban J connectivity index is 2.22. The van der Waals surface area contributed by atoms with Gasteiger partial charge in [0.25, 0.3) is 0 Å². The van der Waals surface area contributed by atoms with Crippen molar-refractivity contribution in [1.82, 2.24) is 5.43 Å². The van der Waals surface area contributed by atoms with Gasteiger partial charge in [0.1, 0.15) is 0 Å². The maximum absolute atomic E-state index is 12.0. The van der Waals surface area contributed by atoms with Crippen LogP contribution in [0, 0.1) is 0 Å². The Hall–Kier alpha value is -0.440. The summed E-state index contributed by atoms with van der Waals surface area (Å²) in [5.41, 5.74) is 2.86. The molecule has 0 spiro atoms. The van der Waals surface area contributed by atoms with E-state index < -0.39 is 0 Å². The molecule has 0 aliphatic rings. The number of halogens is 3. The highest BCUT2D eigenvalue weighted by Crippen LogP contribution is 2.34. The summed E-state index contributed by atoms with van der Waals surface area (Å²) in [5.74, 6) is 4.87. The van der Waals surface area contributed by atoms with Crippen molar-refractivity contribution in [1.29, 1.82) is 0 Å². The number of hydrogen-bond donors (Lipinski definition) is 3. The smallest absolute Gasteiger partial charge is 0.233 e. The van der Waals surface area contributed by atoms with Crippen LogP contribution >= 0.6 is 47.8 Å². The van der Waals surface area contributed by atoms with Gasteiger partial charge in [-0.05, 0) is 56.8 Å². The normalized spacial score (nSPS) is 10.4. The number of carbonyl (C=O) groups excluding carboxylic acids is 2. The molecule has 0 atom stereocenters. The second-order valence-electron chi connectivity index (χ2n) is 5.13. The van der Waals surface area contributed by atoms with Crippen LogP contribution in [-0.4, -0.2) is 11.8 Å². The fourth-order valence-corrected chi connectivity index (χ4v) is 4.49. The highest BCUT2D eigenvalue weighted by atomic mass is 79.9. The van der Waals surface area contributed by atoms with Crippen molar-refractivity contribution in [2.24, 2.45) is 5.84 Å². The van der Waals surface area contributed by atoms with Crippen LogP contribution in [0.15, 0.2) is 25.6 Å². The zero-order valence-electron chi connectivity index (χ0n) is 12.6. The van der Waals surface area contributed by atoms with Crippen molar-refractivity contribution in [3.05, 3.63) is 25.6 Å². The van der Waals surface area contributed by atoms with Crippen molar-refractivity contribution in [2.45, 2.75) is 44.9 Å². The quantitative estimate of drug-likeness (QED) is 0.195. The lowest BCUT2D eigenvalue weighted by atomic mass is 10.1. The first-order chi connectivity index (χ1) is 10.9. The third-order valence-electron chi connectivity index (χ3n) is 3.24. The lowest BCUT2D eigenvalue weighted by Crippen LogP contribution is -2.29. The van der Waals surface area contributed by atoms with Crippen molar-refractivity contribution < 1.29 is 9.59 Å². The summed E-state index contributed by atoms with van der Waals surface area (Å²) in [6, 6.07) is 3.77. The zero-order valence-corrected chi connectivity index (χ0v) is 17.4. The predicted molar refractivity (Wildman–Crippen MR) is 103 cm³/mol. The highest BCUT2D eigenvalue weighted by molar-refractivity contribution is 9.11. The average Bonchev–Trinajstić information content (AvgIpc) is 2.49. The number of benzene rings is 1. The summed E-state index contributed by atoms with van der Waals surface area (Å²) in [4.78, 5) is 22.9. The van der Waals surface area contributed by atoms with Gasteiger partial charge < -0.3 is 5.32 Å². The standard InChI is InChI=1S/C15H20Br3N3O2/c16-10-8-11(17)15(12(18)9-10)20-13(22)6-4-2-1-3-5-7-14(23)21-19/h8-9H,1-7,19H2,(H,20,22)(H,21,23). The van der Waals surface area contributed by atoms with Crippen molar-refractivity contribution in [3.63, 3.8) is 0 Å². The molecule has 0 fully saturated rings. The molecule has 8 heteroatoms. The molecule has 1 aromatic carbocycles. The van der Waals surface area contributed by atoms with Gasteiger partial charge in [-0.3, -0.25) is 15.0 Å². The van der Waals surface area contributed by atoms with E-state index >= 15 is 0 Å². The lowest BCUT2D eigenvalue weighted by Gasteiger charge is -2.10. The van der Waals surface area contributed by atoms with Crippen molar-refractivity contribution in [3.8, 4) is 0 Å². The largest absolute Gasteiger partial charge is 0.324 e. The molecule has 0 heterocycles. The molecule has 1 aromatic rings. The maximum Gasteiger partial charge on any atom is 0.233 e. The van der Waals surface area contributed by atoms with Gasteiger partial charge in [-0.2, -0.15) is 0 Å². The lowest BCUT2D eigenvalue weighted by molar-refractivity contribution is -0.121. The summed E-state index contributed by atoms with van der Waals surface area (Å²) in [7, 11) is 0. The van der Waals surface area contributed by atoms with Crippen LogP contribution in [0.2, 0.25) is 0 Å². The van der Waals surface area contributed by atoms with Crippen LogP contribution in [0.5, 0.6) is 0 Å². The number of nitrogens with two attached hydrogens (primary N) is 1. The molecule has 2 amide bonds. The van der Waals surface area contributed by atoms with E-state index in [2.05, 4.69) is 58.5 Å². The molecule has 5 nitrogen and oxygen atoms in total. The molecule has 0 bridgehead atoms. The Bertz CT molecular complexity index is 530. The van der Waals surface area contributed by atoms with Crippen LogP contribution < -0.4 is 16.6 Å². The minimum atomic E-state index is -0.130. The summed E-state index contributed by atoms with van der Waals surface area (Å²) < 4.78 is 2.58. The van der Waals surface area contributed by atoms with Gasteiger partial charge in [-0.25, -0.2) is 5.84 Å². The monoisotopic (exact) mass is 511 g/mol. The average molecular weight is 514 g/mol. The third-order valence-corrected chi connectivity index (χ3v) is 4.95. The van der Waals surface area contributed by atoms with Gasteiger partial charge in [0.05, 0.1) is 5.69 Å². The second-order valence-corrected chi connectivity index (χ2v) is 7.75. The first-order valence-electron chi connectivity index (χ1n) is 7.38. The van der Waals surface area contributed by atoms with E-state index in [4.69, 9.17) is 5.84 Å². The SMILES string of the molecule is NNC(=O)CCCCCCCC(=O)Nc1c(Br)cc(Br)cc1Br. The summed E-state index contributed by atoms with van der Waals surface area (Å²) in [6.45, 7) is 0. The van der Waals surface area contributed by atoms with Gasteiger partial charge >= 0.3 is 0 Å². The molecule has 0 unspecified atom stereocenters. The number of hydrazine groups is 1. The number of unbranched alkanes of at least 4 members (excludes halogenated alkanes) is 4. The van der Waals surface area contributed by atoms with E-state index in [1.807, 2.05) is 12.1 Å². The van der Waals surface area contributed by atoms with Gasteiger partial charge in [-0.1, -0.05) is 35.2 Å². The molecule has 0 radical (unpaired) electrons. The number of hydrogen-bond acceptors (Lipinski definition) is 3. The molecule has 0 saturated carbocycles. The molecule has 128 valence electrons. The molecule has 4 N–H and O–H groups in total. The van der Waals surface area contributed by atoms with Gasteiger partial charge in [-0.15, -0.1) is 0 Å². The maximum atomic E-state index is 12.0. The second kappa shape index (κ2) is 11.2. The Morgan fingerprint density at radius 1 is 0.870 bits per heavy atom. The third kappa shape index (κ3) is 8.28. The first kappa shape index (κ1) is 20.6. The van der Waals surface area contributed by atoms with Crippen LogP contribution in [0.4, 0.5) is 5.69 Å². The van der Waals surface area contributed by atoms with Crippen LogP contribution in [0.1, 0.15) is 44.9 Å². The topological polar surface area (TPSA) is 84.2 Å². The van der Waals surface area contributed by atoms with Crippen LogP contribution in [0.25, 0.3) is 0 Å². The molecule has 23 heavy (non-hydrogen) atoms. The Labute approximate surface area is 161 Å². The molecule has 1 rings (SSSR count). The zero-order chi connectivity index (χ0) is 17.2. The molecule has 0 aromatic heterocycles. The van der Waals surface area contributed by atoms with E-state index in [1.165, 1.54) is 0 Å². The molecule has 0 aliphatic carbocycles. The summed E-state index contributed by atoms with van der Waals surface area (Å²) in [6.07, 6.45) is 5.56. The van der Waals surface area contributed by atoms with Crippen molar-refractivity contribution in [2.75, 3.05) is 5.32 Å². The van der Waals surface area contributed by atoms with Crippen molar-refractivity contribution >= 4 is 65.3 Å². The number of rotatable bonds is 9. The van der Waals surface area contributed by atoms with Gasteiger partial charge in [0.15, 0.2) is 0 Å². The predicted octanol–water partition coefficient (Wildman–Crippen LogP) is 4.63. The minimum absolute atomic E-state index is 0.00349. The van der Waals surface area contributed by atoms with Crippen LogP contribution in [-0.2, 0) is 9.59 Å². The van der Waals surface area contributed by atoms with E-state index in [-0.39, 0.29) is 11.8 Å². The Kier molecular flexibility index (Phi) is 10.0. The van der Waals surface area contributed by atoms with E-state index in [0.29, 0.717) is 12.8 Å². The molecular formula is C15H20Br3N3O2.